The van der Waals surface area contributed by atoms with Gasteiger partial charge in [-0.25, -0.2) is 0 Å². The van der Waals surface area contributed by atoms with Crippen LogP contribution in [0.2, 0.25) is 0 Å². The second kappa shape index (κ2) is 5.18. The summed E-state index contributed by atoms with van der Waals surface area (Å²) in [5.41, 5.74) is 6.23. The van der Waals surface area contributed by atoms with Crippen LogP contribution in [0.3, 0.4) is 0 Å². The maximum Gasteiger partial charge on any atom is 0.244 e. The number of rotatable bonds is 4. The molecule has 2 rings (SSSR count). The summed E-state index contributed by atoms with van der Waals surface area (Å²) in [7, 11) is 0. The lowest BCUT2D eigenvalue weighted by atomic mass is 10.3. The minimum absolute atomic E-state index is 0.00913. The molecule has 0 amide bonds. The maximum absolute atomic E-state index is 5.89. The normalized spacial score (nSPS) is 19.6. The van der Waals surface area contributed by atoms with Crippen LogP contribution in [-0.4, -0.2) is 35.4 Å². The predicted molar refractivity (Wildman–Crippen MR) is 62.1 cm³/mol. The summed E-state index contributed by atoms with van der Waals surface area (Å²) in [6.45, 7) is 5.11. The zero-order chi connectivity index (χ0) is 12.3. The Morgan fingerprint density at radius 2 is 2.18 bits per heavy atom. The smallest absolute Gasteiger partial charge is 0.244 e. The molecule has 1 aromatic rings. The molecule has 0 bridgehead atoms. The number of hydrogen-bond donors (Lipinski definition) is 1. The highest BCUT2D eigenvalue weighted by Gasteiger charge is 2.20. The summed E-state index contributed by atoms with van der Waals surface area (Å²) in [5, 5.41) is 0. The van der Waals surface area contributed by atoms with Gasteiger partial charge in [-0.15, -0.1) is 0 Å². The van der Waals surface area contributed by atoms with Crippen LogP contribution in [0.15, 0.2) is 6.33 Å². The first-order valence-corrected chi connectivity index (χ1v) is 5.68. The van der Waals surface area contributed by atoms with Gasteiger partial charge in [-0.05, 0) is 13.8 Å². The van der Waals surface area contributed by atoms with E-state index in [0.29, 0.717) is 30.7 Å². The van der Waals surface area contributed by atoms with E-state index in [4.69, 9.17) is 19.9 Å². The molecule has 1 aliphatic heterocycles. The molecule has 6 nitrogen and oxygen atoms in total. The fraction of sp³-hybridized carbons (Fsp3) is 0.636. The van der Waals surface area contributed by atoms with Crippen LogP contribution in [-0.2, 0) is 4.74 Å². The molecule has 0 saturated carbocycles. The van der Waals surface area contributed by atoms with Crippen LogP contribution < -0.4 is 15.2 Å². The summed E-state index contributed by atoms with van der Waals surface area (Å²) < 4.78 is 16.3. The van der Waals surface area contributed by atoms with Gasteiger partial charge in [0.05, 0.1) is 19.3 Å². The summed E-state index contributed by atoms with van der Waals surface area (Å²) in [5.74, 6) is 0.732. The van der Waals surface area contributed by atoms with E-state index in [2.05, 4.69) is 9.97 Å². The topological polar surface area (TPSA) is 79.5 Å². The zero-order valence-corrected chi connectivity index (χ0v) is 10.0. The van der Waals surface area contributed by atoms with Crippen LogP contribution in [0.1, 0.15) is 20.3 Å². The number of aromatic nitrogens is 2. The van der Waals surface area contributed by atoms with Crippen LogP contribution >= 0.6 is 0 Å². The summed E-state index contributed by atoms with van der Waals surface area (Å²) >= 11 is 0. The van der Waals surface area contributed by atoms with Gasteiger partial charge in [0.2, 0.25) is 11.8 Å². The fourth-order valence-corrected chi connectivity index (χ4v) is 1.54. The molecule has 6 heteroatoms. The van der Waals surface area contributed by atoms with Crippen molar-refractivity contribution in [3.8, 4) is 11.8 Å². The third kappa shape index (κ3) is 2.97. The van der Waals surface area contributed by atoms with Gasteiger partial charge in [0.1, 0.15) is 12.4 Å². The van der Waals surface area contributed by atoms with Crippen LogP contribution in [0, 0.1) is 0 Å². The minimum Gasteiger partial charge on any atom is -0.473 e. The van der Waals surface area contributed by atoms with E-state index >= 15 is 0 Å². The number of hydrogen-bond acceptors (Lipinski definition) is 6. The Hall–Kier alpha value is -1.56. The van der Waals surface area contributed by atoms with E-state index in [9.17, 15) is 0 Å². The van der Waals surface area contributed by atoms with Crippen molar-refractivity contribution in [1.29, 1.82) is 0 Å². The lowest BCUT2D eigenvalue weighted by Gasteiger charge is -2.15. The molecule has 0 aromatic carbocycles. The summed E-state index contributed by atoms with van der Waals surface area (Å²) in [4.78, 5) is 8.00. The van der Waals surface area contributed by atoms with Gasteiger partial charge in [0.25, 0.3) is 0 Å². The van der Waals surface area contributed by atoms with Gasteiger partial charge in [-0.2, -0.15) is 9.97 Å². The van der Waals surface area contributed by atoms with Gasteiger partial charge >= 0.3 is 0 Å². The molecular formula is C11H17N3O3. The molecular weight excluding hydrogens is 222 g/mol. The van der Waals surface area contributed by atoms with Crippen LogP contribution in [0.4, 0.5) is 5.69 Å². The first kappa shape index (κ1) is 11.9. The SMILES string of the molecule is CC(C)Oc1ncnc(OC2CCOC2)c1N. The van der Waals surface area contributed by atoms with Crippen molar-refractivity contribution in [3.05, 3.63) is 6.33 Å². The first-order valence-electron chi connectivity index (χ1n) is 5.68. The molecule has 94 valence electrons. The number of nitrogens with two attached hydrogens (primary N) is 1. The van der Waals surface area contributed by atoms with Gasteiger partial charge < -0.3 is 19.9 Å². The van der Waals surface area contributed by atoms with E-state index in [0.717, 1.165) is 6.42 Å². The molecule has 1 atom stereocenters. The fourth-order valence-electron chi connectivity index (χ4n) is 1.54. The van der Waals surface area contributed by atoms with Crippen molar-refractivity contribution < 1.29 is 14.2 Å². The Morgan fingerprint density at radius 3 is 2.82 bits per heavy atom. The van der Waals surface area contributed by atoms with Crippen molar-refractivity contribution >= 4 is 5.69 Å². The molecule has 1 fully saturated rings. The van der Waals surface area contributed by atoms with Crippen molar-refractivity contribution in [2.24, 2.45) is 0 Å². The van der Waals surface area contributed by atoms with Crippen LogP contribution in [0.25, 0.3) is 0 Å². The predicted octanol–water partition coefficient (Wildman–Crippen LogP) is 1.01. The average Bonchev–Trinajstić information content (AvgIpc) is 2.76. The van der Waals surface area contributed by atoms with Gasteiger partial charge in [-0.1, -0.05) is 0 Å². The largest absolute Gasteiger partial charge is 0.473 e. The van der Waals surface area contributed by atoms with Crippen molar-refractivity contribution in [2.75, 3.05) is 18.9 Å². The standard InChI is InChI=1S/C11H17N3O3/c1-7(2)16-10-9(12)11(14-6-13-10)17-8-3-4-15-5-8/h6-8H,3-5,12H2,1-2H3. The second-order valence-corrected chi connectivity index (χ2v) is 4.17. The summed E-state index contributed by atoms with van der Waals surface area (Å²) in [6.07, 6.45) is 2.26. The Kier molecular flexibility index (Phi) is 3.63. The van der Waals surface area contributed by atoms with Crippen molar-refractivity contribution in [3.63, 3.8) is 0 Å². The highest BCUT2D eigenvalue weighted by molar-refractivity contribution is 5.55. The Morgan fingerprint density at radius 1 is 1.41 bits per heavy atom. The van der Waals surface area contributed by atoms with E-state index < -0.39 is 0 Å². The van der Waals surface area contributed by atoms with Gasteiger partial charge in [0.15, 0.2) is 5.69 Å². The molecule has 0 spiro atoms. The molecule has 1 saturated heterocycles. The van der Waals surface area contributed by atoms with E-state index in [1.807, 2.05) is 13.8 Å². The second-order valence-electron chi connectivity index (χ2n) is 4.17. The Labute approximate surface area is 100 Å². The number of nitrogen functional groups attached to an aromatic ring is 1. The Balaban J connectivity index is 2.10. The molecule has 0 radical (unpaired) electrons. The van der Waals surface area contributed by atoms with Gasteiger partial charge in [0, 0.05) is 6.42 Å². The minimum atomic E-state index is 0.00913. The lowest BCUT2D eigenvalue weighted by molar-refractivity contribution is 0.138. The third-order valence-electron chi connectivity index (χ3n) is 2.32. The zero-order valence-electron chi connectivity index (χ0n) is 10.0. The van der Waals surface area contributed by atoms with E-state index in [1.165, 1.54) is 6.33 Å². The van der Waals surface area contributed by atoms with E-state index in [-0.39, 0.29) is 12.2 Å². The molecule has 1 aromatic heterocycles. The first-order chi connectivity index (χ1) is 8.16. The monoisotopic (exact) mass is 239 g/mol. The summed E-state index contributed by atoms with van der Waals surface area (Å²) in [6, 6.07) is 0. The molecule has 2 heterocycles. The highest BCUT2D eigenvalue weighted by Crippen LogP contribution is 2.28. The number of ether oxygens (including phenoxy) is 3. The number of anilines is 1. The van der Waals surface area contributed by atoms with Crippen molar-refractivity contribution in [2.45, 2.75) is 32.5 Å². The van der Waals surface area contributed by atoms with Gasteiger partial charge in [-0.3, -0.25) is 0 Å². The Bertz CT molecular complexity index is 378. The molecule has 2 N–H and O–H groups in total. The molecule has 1 unspecified atom stereocenters. The quantitative estimate of drug-likeness (QED) is 0.844. The highest BCUT2D eigenvalue weighted by atomic mass is 16.6. The average molecular weight is 239 g/mol. The maximum atomic E-state index is 5.89. The van der Waals surface area contributed by atoms with Crippen molar-refractivity contribution in [1.82, 2.24) is 9.97 Å². The molecule has 1 aliphatic rings. The van der Waals surface area contributed by atoms with Crippen LogP contribution in [0.5, 0.6) is 11.8 Å². The number of nitrogens with zero attached hydrogens (tertiary/aromatic N) is 2. The van der Waals surface area contributed by atoms with E-state index in [1.54, 1.807) is 0 Å². The molecule has 17 heavy (non-hydrogen) atoms. The molecule has 0 aliphatic carbocycles. The lowest BCUT2D eigenvalue weighted by Crippen LogP contribution is -2.18. The third-order valence-corrected chi connectivity index (χ3v) is 2.32.